The van der Waals surface area contributed by atoms with Crippen LogP contribution in [0.15, 0.2) is 23.3 Å². The molecular formula is C20H26O2. The quantitative estimate of drug-likeness (QED) is 0.670. The predicted molar refractivity (Wildman–Crippen MR) is 86.2 cm³/mol. The van der Waals surface area contributed by atoms with Crippen LogP contribution < -0.4 is 0 Å². The zero-order chi connectivity index (χ0) is 15.7. The van der Waals surface area contributed by atoms with E-state index in [9.17, 15) is 9.59 Å². The van der Waals surface area contributed by atoms with Crippen molar-refractivity contribution in [1.82, 2.24) is 0 Å². The molecule has 4 aliphatic carbocycles. The van der Waals surface area contributed by atoms with Crippen molar-refractivity contribution >= 4 is 11.6 Å². The summed E-state index contributed by atoms with van der Waals surface area (Å²) in [7, 11) is 0. The molecule has 0 aromatic rings. The van der Waals surface area contributed by atoms with Crippen molar-refractivity contribution in [2.45, 2.75) is 59.3 Å². The zero-order valence-electron chi connectivity index (χ0n) is 13.9. The molecule has 4 aliphatic rings. The largest absolute Gasteiger partial charge is 0.299 e. The van der Waals surface area contributed by atoms with Crippen LogP contribution in [-0.2, 0) is 9.59 Å². The summed E-state index contributed by atoms with van der Waals surface area (Å²) in [5.41, 5.74) is 2.64. The summed E-state index contributed by atoms with van der Waals surface area (Å²) in [5.74, 6) is 2.44. The van der Waals surface area contributed by atoms with E-state index in [1.165, 1.54) is 11.1 Å². The smallest absolute Gasteiger partial charge is 0.156 e. The number of carbonyl (C=O) groups excluding carboxylic acids is 2. The Morgan fingerprint density at radius 2 is 1.73 bits per heavy atom. The van der Waals surface area contributed by atoms with Gasteiger partial charge in [-0.3, -0.25) is 9.59 Å². The van der Waals surface area contributed by atoms with Crippen molar-refractivity contribution in [2.75, 3.05) is 0 Å². The molecule has 0 aromatic carbocycles. The van der Waals surface area contributed by atoms with Gasteiger partial charge in [-0.05, 0) is 67.4 Å². The Hall–Kier alpha value is -1.18. The van der Waals surface area contributed by atoms with Crippen LogP contribution >= 0.6 is 0 Å². The van der Waals surface area contributed by atoms with E-state index < -0.39 is 0 Å². The minimum absolute atomic E-state index is 0.0833. The van der Waals surface area contributed by atoms with E-state index in [0.29, 0.717) is 30.0 Å². The number of fused-ring (bicyclic) bond motifs is 5. The molecule has 0 bridgehead atoms. The molecule has 0 saturated heterocycles. The molecule has 5 atom stereocenters. The summed E-state index contributed by atoms with van der Waals surface area (Å²) in [4.78, 5) is 24.3. The molecule has 5 unspecified atom stereocenters. The van der Waals surface area contributed by atoms with E-state index in [1.807, 2.05) is 6.08 Å². The molecular weight excluding hydrogens is 272 g/mol. The first kappa shape index (κ1) is 14.4. The summed E-state index contributed by atoms with van der Waals surface area (Å²) in [6.45, 7) is 6.75. The van der Waals surface area contributed by atoms with Crippen LogP contribution in [0.25, 0.3) is 0 Å². The minimum atomic E-state index is -0.0833. The second-order valence-electron chi connectivity index (χ2n) is 8.50. The lowest BCUT2D eigenvalue weighted by Gasteiger charge is -2.55. The molecule has 4 rings (SSSR count). The van der Waals surface area contributed by atoms with Gasteiger partial charge in [0.25, 0.3) is 0 Å². The maximum absolute atomic E-state index is 12.4. The van der Waals surface area contributed by atoms with Gasteiger partial charge in [-0.15, -0.1) is 0 Å². The Morgan fingerprint density at radius 1 is 1.00 bits per heavy atom. The van der Waals surface area contributed by atoms with Crippen molar-refractivity contribution in [1.29, 1.82) is 0 Å². The van der Waals surface area contributed by atoms with Crippen LogP contribution in [0.5, 0.6) is 0 Å². The molecule has 2 nitrogen and oxygen atoms in total. The monoisotopic (exact) mass is 298 g/mol. The van der Waals surface area contributed by atoms with Gasteiger partial charge in [0.2, 0.25) is 0 Å². The molecule has 118 valence electrons. The molecule has 0 aliphatic heterocycles. The highest BCUT2D eigenvalue weighted by atomic mass is 16.1. The first-order valence-electron chi connectivity index (χ1n) is 8.83. The molecule has 0 N–H and O–H groups in total. The molecule has 2 heteroatoms. The molecule has 0 spiro atoms. The third-order valence-electron chi connectivity index (χ3n) is 7.54. The van der Waals surface area contributed by atoms with Crippen molar-refractivity contribution in [3.63, 3.8) is 0 Å². The molecule has 0 aromatic heterocycles. The van der Waals surface area contributed by atoms with Crippen LogP contribution in [-0.4, -0.2) is 11.6 Å². The lowest BCUT2D eigenvalue weighted by Crippen LogP contribution is -2.49. The van der Waals surface area contributed by atoms with Gasteiger partial charge in [0.1, 0.15) is 5.78 Å². The fourth-order valence-corrected chi connectivity index (χ4v) is 6.19. The van der Waals surface area contributed by atoms with E-state index in [4.69, 9.17) is 0 Å². The third kappa shape index (κ3) is 1.67. The fourth-order valence-electron chi connectivity index (χ4n) is 6.19. The van der Waals surface area contributed by atoms with Gasteiger partial charge in [-0.1, -0.05) is 25.5 Å². The number of allylic oxidation sites excluding steroid dienone is 4. The standard InChI is InChI=1S/C20H26O2/c1-12-10-14-15-4-5-18(22)20(15,3)9-7-16(14)19(2)8-6-13(21)11-17(12)19/h10-11,14-16H,4-9H2,1-3H3. The second kappa shape index (κ2) is 4.43. The van der Waals surface area contributed by atoms with Gasteiger partial charge >= 0.3 is 0 Å². The van der Waals surface area contributed by atoms with Gasteiger partial charge < -0.3 is 0 Å². The van der Waals surface area contributed by atoms with Crippen LogP contribution in [0.1, 0.15) is 59.3 Å². The van der Waals surface area contributed by atoms with Gasteiger partial charge in [-0.25, -0.2) is 0 Å². The number of rotatable bonds is 0. The highest BCUT2D eigenvalue weighted by molar-refractivity contribution is 5.92. The van der Waals surface area contributed by atoms with Crippen LogP contribution in [0, 0.1) is 28.6 Å². The highest BCUT2D eigenvalue weighted by Crippen LogP contribution is 2.63. The van der Waals surface area contributed by atoms with E-state index >= 15 is 0 Å². The molecule has 0 amide bonds. The van der Waals surface area contributed by atoms with Crippen molar-refractivity contribution in [3.8, 4) is 0 Å². The first-order valence-corrected chi connectivity index (χ1v) is 8.83. The first-order chi connectivity index (χ1) is 10.4. The number of carbonyl (C=O) groups is 2. The van der Waals surface area contributed by atoms with Crippen molar-refractivity contribution in [3.05, 3.63) is 23.3 Å². The van der Waals surface area contributed by atoms with Gasteiger partial charge in [0, 0.05) is 18.3 Å². The number of Topliss-reactive ketones (excluding diaryl/α,β-unsaturated/α-hetero) is 1. The maximum atomic E-state index is 12.4. The Balaban J connectivity index is 1.82. The average molecular weight is 298 g/mol. The molecule has 2 saturated carbocycles. The summed E-state index contributed by atoms with van der Waals surface area (Å²) < 4.78 is 0. The van der Waals surface area contributed by atoms with Crippen molar-refractivity contribution < 1.29 is 9.59 Å². The van der Waals surface area contributed by atoms with E-state index in [2.05, 4.69) is 26.8 Å². The Morgan fingerprint density at radius 3 is 2.50 bits per heavy atom. The lowest BCUT2D eigenvalue weighted by atomic mass is 9.48. The minimum Gasteiger partial charge on any atom is -0.299 e. The normalized spacial score (nSPS) is 47.3. The zero-order valence-corrected chi connectivity index (χ0v) is 13.9. The molecule has 2 fully saturated rings. The number of hydrogen-bond donors (Lipinski definition) is 0. The fraction of sp³-hybridized carbons (Fsp3) is 0.700. The summed E-state index contributed by atoms with van der Waals surface area (Å²) in [6.07, 6.45) is 10.0. The average Bonchev–Trinajstić information content (AvgIpc) is 2.77. The van der Waals surface area contributed by atoms with Crippen LogP contribution in [0.4, 0.5) is 0 Å². The van der Waals surface area contributed by atoms with E-state index in [-0.39, 0.29) is 16.6 Å². The van der Waals surface area contributed by atoms with Gasteiger partial charge in [0.15, 0.2) is 5.78 Å². The molecule has 0 heterocycles. The topological polar surface area (TPSA) is 34.1 Å². The van der Waals surface area contributed by atoms with Gasteiger partial charge in [0.05, 0.1) is 0 Å². The van der Waals surface area contributed by atoms with Crippen LogP contribution in [0.2, 0.25) is 0 Å². The van der Waals surface area contributed by atoms with Gasteiger partial charge in [-0.2, -0.15) is 0 Å². The Bertz CT molecular complexity index is 626. The van der Waals surface area contributed by atoms with Crippen molar-refractivity contribution in [2.24, 2.45) is 28.6 Å². The van der Waals surface area contributed by atoms with E-state index in [0.717, 1.165) is 32.1 Å². The summed E-state index contributed by atoms with van der Waals surface area (Å²) in [5, 5.41) is 0. The maximum Gasteiger partial charge on any atom is 0.156 e. The summed E-state index contributed by atoms with van der Waals surface area (Å²) >= 11 is 0. The lowest BCUT2D eigenvalue weighted by molar-refractivity contribution is -0.130. The SMILES string of the molecule is CC1=CC2C3CCC(=O)C3(C)CCC2C2(C)CCC(=O)C=C12. The number of ketones is 2. The summed E-state index contributed by atoms with van der Waals surface area (Å²) in [6, 6.07) is 0. The highest BCUT2D eigenvalue weighted by Gasteiger charge is 2.58. The molecule has 0 radical (unpaired) electrons. The van der Waals surface area contributed by atoms with E-state index in [1.54, 1.807) is 0 Å². The molecule has 22 heavy (non-hydrogen) atoms. The Labute approximate surface area is 133 Å². The second-order valence-corrected chi connectivity index (χ2v) is 8.50. The predicted octanol–water partition coefficient (Wildman–Crippen LogP) is 4.25. The third-order valence-corrected chi connectivity index (χ3v) is 7.54. The van der Waals surface area contributed by atoms with Crippen LogP contribution in [0.3, 0.4) is 0 Å². The number of hydrogen-bond acceptors (Lipinski definition) is 2. The Kier molecular flexibility index (Phi) is 2.90.